The van der Waals surface area contributed by atoms with E-state index in [1.54, 1.807) is 0 Å². The normalized spacial score (nSPS) is 21.0. The van der Waals surface area contributed by atoms with Crippen LogP contribution in [0.2, 0.25) is 0 Å². The van der Waals surface area contributed by atoms with Crippen LogP contribution >= 0.6 is 0 Å². The van der Waals surface area contributed by atoms with Gasteiger partial charge >= 0.3 is 0 Å². The van der Waals surface area contributed by atoms with Crippen LogP contribution in [-0.4, -0.2) is 25.9 Å². The van der Waals surface area contributed by atoms with Gasteiger partial charge in [0.05, 0.1) is 19.8 Å². The second kappa shape index (κ2) is 4.80. The van der Waals surface area contributed by atoms with Crippen molar-refractivity contribution in [1.82, 2.24) is 0 Å². The van der Waals surface area contributed by atoms with E-state index >= 15 is 0 Å². The molecule has 1 heterocycles. The number of rotatable bonds is 0. The van der Waals surface area contributed by atoms with Crippen molar-refractivity contribution in [3.05, 3.63) is 35.9 Å². The van der Waals surface area contributed by atoms with Crippen molar-refractivity contribution in [1.29, 1.82) is 0 Å². The summed E-state index contributed by atoms with van der Waals surface area (Å²) in [6.45, 7) is 1.91. The first kappa shape index (κ1) is 9.26. The van der Waals surface area contributed by atoms with E-state index in [-0.39, 0.29) is 6.10 Å². The second-order valence-corrected chi connectivity index (χ2v) is 3.07. The van der Waals surface area contributed by atoms with Gasteiger partial charge in [0.1, 0.15) is 6.10 Å². The summed E-state index contributed by atoms with van der Waals surface area (Å²) in [4.78, 5) is 0. The fourth-order valence-corrected chi connectivity index (χ4v) is 1.26. The fraction of sp³-hybridized carbons (Fsp3) is 0.333. The lowest BCUT2D eigenvalue weighted by Gasteiger charge is -2.17. The van der Waals surface area contributed by atoms with Gasteiger partial charge in [-0.3, -0.25) is 0 Å². The van der Waals surface area contributed by atoms with Gasteiger partial charge in [-0.25, -0.2) is 0 Å². The number of hydrogen-bond acceptors (Lipinski definition) is 2. The lowest BCUT2D eigenvalue weighted by atomic mass is 10.2. The summed E-state index contributed by atoms with van der Waals surface area (Å²) in [6.07, 6.45) is -0.0658. The second-order valence-electron chi connectivity index (χ2n) is 3.07. The van der Waals surface area contributed by atoms with Crippen molar-refractivity contribution in [2.24, 2.45) is 0 Å². The van der Waals surface area contributed by atoms with Crippen LogP contribution in [0.1, 0.15) is 5.56 Å². The standard InChI is InChI=1S/C12H12O2/c1-2-4-11(5-3-1)6-7-12-10-13-8-9-14-12/h1-5,12H,8-10H2/t12-/m1/s1. The van der Waals surface area contributed by atoms with Gasteiger partial charge in [0.15, 0.2) is 0 Å². The zero-order valence-electron chi connectivity index (χ0n) is 7.90. The Morgan fingerprint density at radius 1 is 1.14 bits per heavy atom. The average molecular weight is 188 g/mol. The Labute approximate surface area is 83.8 Å². The molecular weight excluding hydrogens is 176 g/mol. The molecule has 1 saturated heterocycles. The number of benzene rings is 1. The van der Waals surface area contributed by atoms with Gasteiger partial charge in [-0.15, -0.1) is 0 Å². The predicted octanol–water partition coefficient (Wildman–Crippen LogP) is 1.45. The van der Waals surface area contributed by atoms with Crippen LogP contribution in [0, 0.1) is 11.8 Å². The molecule has 0 bridgehead atoms. The monoisotopic (exact) mass is 188 g/mol. The third-order valence-electron chi connectivity index (χ3n) is 1.97. The topological polar surface area (TPSA) is 18.5 Å². The van der Waals surface area contributed by atoms with E-state index in [1.165, 1.54) is 0 Å². The highest BCUT2D eigenvalue weighted by molar-refractivity contribution is 5.34. The minimum Gasteiger partial charge on any atom is -0.375 e. The van der Waals surface area contributed by atoms with Gasteiger partial charge in [0, 0.05) is 5.56 Å². The van der Waals surface area contributed by atoms with Gasteiger partial charge < -0.3 is 9.47 Å². The summed E-state index contributed by atoms with van der Waals surface area (Å²) in [5.74, 6) is 6.10. The van der Waals surface area contributed by atoms with Gasteiger partial charge in [0.2, 0.25) is 0 Å². The molecule has 0 radical (unpaired) electrons. The van der Waals surface area contributed by atoms with Crippen LogP contribution in [-0.2, 0) is 9.47 Å². The van der Waals surface area contributed by atoms with Crippen LogP contribution in [0.5, 0.6) is 0 Å². The van der Waals surface area contributed by atoms with Gasteiger partial charge in [-0.05, 0) is 12.1 Å². The van der Waals surface area contributed by atoms with Crippen LogP contribution in [0.3, 0.4) is 0 Å². The summed E-state index contributed by atoms with van der Waals surface area (Å²) >= 11 is 0. The van der Waals surface area contributed by atoms with Crippen LogP contribution < -0.4 is 0 Å². The van der Waals surface area contributed by atoms with Crippen molar-refractivity contribution in [3.8, 4) is 11.8 Å². The molecule has 0 N–H and O–H groups in total. The van der Waals surface area contributed by atoms with E-state index in [0.29, 0.717) is 19.8 Å². The highest BCUT2D eigenvalue weighted by Crippen LogP contribution is 2.00. The van der Waals surface area contributed by atoms with Crippen LogP contribution in [0.4, 0.5) is 0 Å². The van der Waals surface area contributed by atoms with Crippen molar-refractivity contribution in [2.45, 2.75) is 6.10 Å². The third-order valence-corrected chi connectivity index (χ3v) is 1.97. The molecule has 1 fully saturated rings. The van der Waals surface area contributed by atoms with Gasteiger partial charge in [-0.2, -0.15) is 0 Å². The molecule has 2 rings (SSSR count). The van der Waals surface area contributed by atoms with Gasteiger partial charge in [-0.1, -0.05) is 30.0 Å². The molecule has 1 aliphatic heterocycles. The molecule has 1 aromatic carbocycles. The van der Waals surface area contributed by atoms with E-state index in [4.69, 9.17) is 9.47 Å². The summed E-state index contributed by atoms with van der Waals surface area (Å²) in [5, 5.41) is 0. The SMILES string of the molecule is C(#C[C@@H]1COCCO1)c1ccccc1. The van der Waals surface area contributed by atoms with Crippen molar-refractivity contribution in [3.63, 3.8) is 0 Å². The van der Waals surface area contributed by atoms with E-state index < -0.39 is 0 Å². The molecule has 0 saturated carbocycles. The average Bonchev–Trinajstić information content (AvgIpc) is 2.29. The maximum atomic E-state index is 5.40. The minimum absolute atomic E-state index is 0.0658. The lowest BCUT2D eigenvalue weighted by molar-refractivity contribution is -0.0635. The largest absolute Gasteiger partial charge is 0.375 e. The van der Waals surface area contributed by atoms with Crippen LogP contribution in [0.25, 0.3) is 0 Å². The van der Waals surface area contributed by atoms with Gasteiger partial charge in [0.25, 0.3) is 0 Å². The first-order chi connectivity index (χ1) is 6.95. The summed E-state index contributed by atoms with van der Waals surface area (Å²) < 4.78 is 10.6. The van der Waals surface area contributed by atoms with E-state index in [2.05, 4.69) is 11.8 Å². The Kier molecular flexibility index (Phi) is 3.18. The molecule has 1 atom stereocenters. The molecule has 14 heavy (non-hydrogen) atoms. The molecule has 72 valence electrons. The molecular formula is C12H12O2. The summed E-state index contributed by atoms with van der Waals surface area (Å²) in [5.41, 5.74) is 1.02. The first-order valence-corrected chi connectivity index (χ1v) is 4.71. The Morgan fingerprint density at radius 2 is 2.00 bits per heavy atom. The highest BCUT2D eigenvalue weighted by atomic mass is 16.6. The molecule has 1 aromatic rings. The maximum Gasteiger partial charge on any atom is 0.141 e. The Hall–Kier alpha value is -1.30. The quantitative estimate of drug-likeness (QED) is 0.574. The third kappa shape index (κ3) is 2.59. The molecule has 2 nitrogen and oxygen atoms in total. The smallest absolute Gasteiger partial charge is 0.141 e. The van der Waals surface area contributed by atoms with Crippen molar-refractivity contribution >= 4 is 0 Å². The predicted molar refractivity (Wildman–Crippen MR) is 53.9 cm³/mol. The zero-order valence-corrected chi connectivity index (χ0v) is 7.90. The maximum absolute atomic E-state index is 5.40. The fourth-order valence-electron chi connectivity index (χ4n) is 1.26. The lowest BCUT2D eigenvalue weighted by Crippen LogP contribution is -2.27. The van der Waals surface area contributed by atoms with E-state index in [1.807, 2.05) is 30.3 Å². The molecule has 0 amide bonds. The highest BCUT2D eigenvalue weighted by Gasteiger charge is 2.10. The molecule has 0 aromatic heterocycles. The molecule has 0 unspecified atom stereocenters. The summed E-state index contributed by atoms with van der Waals surface area (Å²) in [6, 6.07) is 9.89. The van der Waals surface area contributed by atoms with Crippen LogP contribution in [0.15, 0.2) is 30.3 Å². The first-order valence-electron chi connectivity index (χ1n) is 4.71. The van der Waals surface area contributed by atoms with Crippen molar-refractivity contribution < 1.29 is 9.47 Å². The number of ether oxygens (including phenoxy) is 2. The van der Waals surface area contributed by atoms with Crippen molar-refractivity contribution in [2.75, 3.05) is 19.8 Å². The minimum atomic E-state index is -0.0658. The zero-order chi connectivity index (χ0) is 9.64. The van der Waals surface area contributed by atoms with E-state index in [0.717, 1.165) is 5.56 Å². The summed E-state index contributed by atoms with van der Waals surface area (Å²) in [7, 11) is 0. The number of hydrogen-bond donors (Lipinski definition) is 0. The molecule has 1 aliphatic rings. The Morgan fingerprint density at radius 3 is 2.71 bits per heavy atom. The molecule has 0 aliphatic carbocycles. The Balaban J connectivity index is 1.99. The molecule has 2 heteroatoms. The molecule has 0 spiro atoms. The Bertz CT molecular complexity index is 328. The van der Waals surface area contributed by atoms with E-state index in [9.17, 15) is 0 Å².